The van der Waals surface area contributed by atoms with Gasteiger partial charge < -0.3 is 14.8 Å². The van der Waals surface area contributed by atoms with Crippen molar-refractivity contribution in [2.24, 2.45) is 5.92 Å². The van der Waals surface area contributed by atoms with Gasteiger partial charge in [0, 0.05) is 16.6 Å². The third-order valence-electron chi connectivity index (χ3n) is 5.51. The van der Waals surface area contributed by atoms with E-state index >= 15 is 0 Å². The van der Waals surface area contributed by atoms with Crippen molar-refractivity contribution in [1.82, 2.24) is 10.3 Å². The average Bonchev–Trinajstić information content (AvgIpc) is 3.26. The Labute approximate surface area is 218 Å². The number of halogens is 2. The second-order valence-electron chi connectivity index (χ2n) is 8.56. The summed E-state index contributed by atoms with van der Waals surface area (Å²) in [6.45, 7) is 1.32. The maximum Gasteiger partial charge on any atom is 0.307 e. The summed E-state index contributed by atoms with van der Waals surface area (Å²) in [5, 5.41) is 12.8. The summed E-state index contributed by atoms with van der Waals surface area (Å²) in [5.74, 6) is -2.93. The zero-order valence-corrected chi connectivity index (χ0v) is 21.7. The third kappa shape index (κ3) is 8.66. The Hall–Kier alpha value is -3.28. The Morgan fingerprint density at radius 2 is 1.92 bits per heavy atom. The number of hydrogen-bond acceptors (Lipinski definition) is 7. The molecular formula is C25H26ClFN2O7S. The summed E-state index contributed by atoms with van der Waals surface area (Å²) in [4.78, 5) is 28.5. The molecule has 37 heavy (non-hydrogen) atoms. The van der Waals surface area contributed by atoms with E-state index in [2.05, 4.69) is 10.3 Å². The lowest BCUT2D eigenvalue weighted by molar-refractivity contribution is -0.142. The minimum absolute atomic E-state index is 0.0153. The first-order valence-corrected chi connectivity index (χ1v) is 13.5. The average molecular weight is 553 g/mol. The van der Waals surface area contributed by atoms with Crippen LogP contribution in [0, 0.1) is 18.7 Å². The van der Waals surface area contributed by atoms with Crippen molar-refractivity contribution in [2.45, 2.75) is 32.2 Å². The monoisotopic (exact) mass is 552 g/mol. The van der Waals surface area contributed by atoms with Crippen LogP contribution in [0.1, 0.15) is 34.9 Å². The molecule has 0 radical (unpaired) electrons. The third-order valence-corrected chi connectivity index (χ3v) is 6.34. The van der Waals surface area contributed by atoms with E-state index in [0.29, 0.717) is 21.9 Å². The Morgan fingerprint density at radius 1 is 1.22 bits per heavy atom. The van der Waals surface area contributed by atoms with E-state index in [1.165, 1.54) is 24.4 Å². The highest BCUT2D eigenvalue weighted by Crippen LogP contribution is 2.27. The van der Waals surface area contributed by atoms with Gasteiger partial charge in [-0.1, -0.05) is 35.9 Å². The molecule has 198 valence electrons. The van der Waals surface area contributed by atoms with Gasteiger partial charge in [-0.2, -0.15) is 8.42 Å². The maximum absolute atomic E-state index is 14.2. The predicted molar refractivity (Wildman–Crippen MR) is 134 cm³/mol. The van der Waals surface area contributed by atoms with Crippen LogP contribution in [-0.4, -0.2) is 49.3 Å². The van der Waals surface area contributed by atoms with Gasteiger partial charge in [0.2, 0.25) is 0 Å². The second-order valence-corrected chi connectivity index (χ2v) is 10.6. The van der Waals surface area contributed by atoms with Crippen molar-refractivity contribution >= 4 is 33.6 Å². The summed E-state index contributed by atoms with van der Waals surface area (Å²) in [6.07, 6.45) is 2.40. The molecule has 2 N–H and O–H groups in total. The molecule has 12 heteroatoms. The van der Waals surface area contributed by atoms with Crippen LogP contribution in [0.15, 0.2) is 53.1 Å². The number of carboxylic acid groups (broad SMARTS) is 1. The first kappa shape index (κ1) is 28.3. The summed E-state index contributed by atoms with van der Waals surface area (Å²) in [6, 6.07) is 10.5. The lowest BCUT2D eigenvalue weighted by Crippen LogP contribution is -2.39. The van der Waals surface area contributed by atoms with Crippen molar-refractivity contribution in [3.05, 3.63) is 76.7 Å². The summed E-state index contributed by atoms with van der Waals surface area (Å²) < 4.78 is 46.7. The first-order chi connectivity index (χ1) is 17.4. The molecule has 9 nitrogen and oxygen atoms in total. The van der Waals surface area contributed by atoms with Gasteiger partial charge in [0.25, 0.3) is 16.0 Å². The van der Waals surface area contributed by atoms with Gasteiger partial charge in [0.05, 0.1) is 25.0 Å². The maximum atomic E-state index is 14.2. The van der Waals surface area contributed by atoms with Crippen LogP contribution >= 0.6 is 11.6 Å². The molecule has 0 saturated heterocycles. The van der Waals surface area contributed by atoms with Gasteiger partial charge in [0.15, 0.2) is 0 Å². The molecule has 0 unspecified atom stereocenters. The predicted octanol–water partition coefficient (Wildman–Crippen LogP) is 4.24. The fourth-order valence-corrected chi connectivity index (χ4v) is 4.32. The first-order valence-electron chi connectivity index (χ1n) is 11.3. The van der Waals surface area contributed by atoms with Crippen molar-refractivity contribution in [3.63, 3.8) is 0 Å². The van der Waals surface area contributed by atoms with Crippen LogP contribution in [0.3, 0.4) is 0 Å². The normalized spacial score (nSPS) is 13.2. The number of aryl methyl sites for hydroxylation is 1. The molecule has 1 aromatic heterocycles. The highest BCUT2D eigenvalue weighted by molar-refractivity contribution is 7.85. The van der Waals surface area contributed by atoms with Gasteiger partial charge in [-0.3, -0.25) is 13.8 Å². The number of aliphatic carboxylic acids is 1. The molecule has 2 atom stereocenters. The van der Waals surface area contributed by atoms with E-state index in [4.69, 9.17) is 20.2 Å². The van der Waals surface area contributed by atoms with Crippen molar-refractivity contribution in [1.29, 1.82) is 0 Å². The number of carbonyl (C=O) groups is 2. The molecule has 0 fully saturated rings. The van der Waals surface area contributed by atoms with Crippen LogP contribution in [0.25, 0.3) is 11.1 Å². The van der Waals surface area contributed by atoms with Crippen LogP contribution in [0.5, 0.6) is 0 Å². The Balaban J connectivity index is 1.79. The number of aromatic nitrogens is 1. The number of nitrogens with one attached hydrogen (secondary N) is 1. The molecule has 0 aliphatic rings. The van der Waals surface area contributed by atoms with Crippen molar-refractivity contribution < 1.29 is 36.1 Å². The SMILES string of the molecule is Cc1cnc(C(=O)N[C@H](Cc2ccc(-c3cc(Cl)ccc3F)cc2)C[C@@H](CCOS(C)(=O)=O)C(=O)O)o1. The van der Waals surface area contributed by atoms with E-state index in [1.54, 1.807) is 31.2 Å². The molecule has 0 saturated carbocycles. The Bertz CT molecular complexity index is 1360. The zero-order chi connectivity index (χ0) is 27.2. The van der Waals surface area contributed by atoms with Gasteiger partial charge >= 0.3 is 11.9 Å². The summed E-state index contributed by atoms with van der Waals surface area (Å²) in [7, 11) is -3.73. The molecule has 0 aliphatic carbocycles. The standard InChI is InChI=1S/C25H26ClFN2O7S/c1-15-14-28-24(36-15)23(30)29-20(12-18(25(31)32)9-10-35-37(2,33)34)11-16-3-5-17(6-4-16)21-13-19(26)7-8-22(21)27/h3-8,13-14,18,20H,9-12H2,1-2H3,(H,29,30)(H,31,32)/t18-,20-/m1/s1. The molecule has 2 aromatic carbocycles. The number of carboxylic acids is 1. The molecule has 0 bridgehead atoms. The largest absolute Gasteiger partial charge is 0.481 e. The van der Waals surface area contributed by atoms with Crippen molar-refractivity contribution in [2.75, 3.05) is 12.9 Å². The topological polar surface area (TPSA) is 136 Å². The van der Waals surface area contributed by atoms with Crippen LogP contribution in [0.4, 0.5) is 4.39 Å². The summed E-state index contributed by atoms with van der Waals surface area (Å²) in [5.41, 5.74) is 1.68. The van der Waals surface area contributed by atoms with Gasteiger partial charge in [-0.25, -0.2) is 9.37 Å². The van der Waals surface area contributed by atoms with Gasteiger partial charge in [0.1, 0.15) is 11.6 Å². The molecule has 1 amide bonds. The number of nitrogens with zero attached hydrogens (tertiary/aromatic N) is 1. The van der Waals surface area contributed by atoms with E-state index in [-0.39, 0.29) is 31.8 Å². The fraction of sp³-hybridized carbons (Fsp3) is 0.320. The summed E-state index contributed by atoms with van der Waals surface area (Å²) >= 11 is 5.99. The minimum Gasteiger partial charge on any atom is -0.481 e. The molecule has 0 aliphatic heterocycles. The number of amides is 1. The van der Waals surface area contributed by atoms with E-state index in [1.807, 2.05) is 0 Å². The molecule has 3 rings (SSSR count). The second kappa shape index (κ2) is 12.3. The lowest BCUT2D eigenvalue weighted by atomic mass is 9.92. The molecule has 0 spiro atoms. The van der Waals surface area contributed by atoms with E-state index in [0.717, 1.165) is 11.8 Å². The Kier molecular flexibility index (Phi) is 9.41. The van der Waals surface area contributed by atoms with Crippen LogP contribution in [-0.2, 0) is 25.5 Å². The highest BCUT2D eigenvalue weighted by atomic mass is 35.5. The van der Waals surface area contributed by atoms with Crippen LogP contribution < -0.4 is 5.32 Å². The number of carbonyl (C=O) groups excluding carboxylic acids is 1. The molecular weight excluding hydrogens is 527 g/mol. The number of oxazole rings is 1. The Morgan fingerprint density at radius 3 is 2.51 bits per heavy atom. The smallest absolute Gasteiger partial charge is 0.307 e. The van der Waals surface area contributed by atoms with Gasteiger partial charge in [-0.05, 0) is 55.5 Å². The minimum atomic E-state index is -3.73. The number of rotatable bonds is 12. The zero-order valence-electron chi connectivity index (χ0n) is 20.1. The van der Waals surface area contributed by atoms with E-state index < -0.39 is 39.8 Å². The number of benzene rings is 2. The van der Waals surface area contributed by atoms with Crippen molar-refractivity contribution in [3.8, 4) is 11.1 Å². The lowest BCUT2D eigenvalue weighted by Gasteiger charge is -2.22. The molecule has 3 aromatic rings. The fourth-order valence-electron chi connectivity index (χ4n) is 3.75. The number of hydrogen-bond donors (Lipinski definition) is 2. The van der Waals surface area contributed by atoms with Gasteiger partial charge in [-0.15, -0.1) is 0 Å². The van der Waals surface area contributed by atoms with E-state index in [9.17, 15) is 27.5 Å². The van der Waals surface area contributed by atoms with Crippen LogP contribution in [0.2, 0.25) is 5.02 Å². The highest BCUT2D eigenvalue weighted by Gasteiger charge is 2.26. The quantitative estimate of drug-likeness (QED) is 0.318. The molecule has 1 heterocycles.